The van der Waals surface area contributed by atoms with E-state index in [1.807, 2.05) is 12.3 Å². The van der Waals surface area contributed by atoms with Crippen molar-refractivity contribution >= 4 is 22.4 Å². The van der Waals surface area contributed by atoms with Gasteiger partial charge in [0.1, 0.15) is 0 Å². The smallest absolute Gasteiger partial charge is 0.293 e. The molecule has 5 nitrogen and oxygen atoms in total. The van der Waals surface area contributed by atoms with Crippen LogP contribution >= 0.6 is 11.3 Å². The fourth-order valence-corrected chi connectivity index (χ4v) is 1.83. The van der Waals surface area contributed by atoms with E-state index in [-0.39, 0.29) is 5.91 Å². The molecule has 0 aromatic carbocycles. The van der Waals surface area contributed by atoms with Gasteiger partial charge in [-0.3, -0.25) is 10.1 Å². The molecule has 1 N–H and O–H groups in total. The van der Waals surface area contributed by atoms with Gasteiger partial charge in [0, 0.05) is 24.8 Å². The van der Waals surface area contributed by atoms with Crippen molar-refractivity contribution in [2.45, 2.75) is 6.92 Å². The van der Waals surface area contributed by atoms with E-state index in [1.54, 1.807) is 24.0 Å². The van der Waals surface area contributed by atoms with Gasteiger partial charge in [-0.15, -0.1) is 11.3 Å². The lowest BCUT2D eigenvalue weighted by Gasteiger charge is -2.00. The Balaban J connectivity index is 2.14. The van der Waals surface area contributed by atoms with Crippen molar-refractivity contribution in [2.24, 2.45) is 7.05 Å². The van der Waals surface area contributed by atoms with E-state index >= 15 is 0 Å². The molecule has 0 saturated carbocycles. The summed E-state index contributed by atoms with van der Waals surface area (Å²) in [6, 6.07) is 0. The highest BCUT2D eigenvalue weighted by Crippen LogP contribution is 2.14. The normalized spacial score (nSPS) is 10.3. The molecule has 0 bridgehead atoms. The SMILES string of the molecule is Cc1csc(NC(=O)c2nccn2C)n1. The molecule has 0 unspecified atom stereocenters. The Morgan fingerprint density at radius 1 is 1.60 bits per heavy atom. The highest BCUT2D eigenvalue weighted by atomic mass is 32.1. The topological polar surface area (TPSA) is 59.8 Å². The number of anilines is 1. The van der Waals surface area contributed by atoms with Crippen LogP contribution in [0.15, 0.2) is 17.8 Å². The first kappa shape index (κ1) is 9.85. The molecule has 15 heavy (non-hydrogen) atoms. The molecule has 2 rings (SSSR count). The Bertz CT molecular complexity index is 488. The molecule has 0 saturated heterocycles. The summed E-state index contributed by atoms with van der Waals surface area (Å²) >= 11 is 1.40. The fourth-order valence-electron chi connectivity index (χ4n) is 1.15. The number of nitrogens with zero attached hydrogens (tertiary/aromatic N) is 3. The van der Waals surface area contributed by atoms with Gasteiger partial charge in [0.25, 0.3) is 5.91 Å². The predicted octanol–water partition coefficient (Wildman–Crippen LogP) is 1.44. The van der Waals surface area contributed by atoms with E-state index in [9.17, 15) is 4.79 Å². The van der Waals surface area contributed by atoms with Gasteiger partial charge in [0.05, 0.1) is 5.69 Å². The average Bonchev–Trinajstić information content (AvgIpc) is 2.75. The molecular formula is C9H10N4OS. The lowest BCUT2D eigenvalue weighted by molar-refractivity contribution is 0.101. The number of imidazole rings is 1. The van der Waals surface area contributed by atoms with E-state index in [0.29, 0.717) is 11.0 Å². The van der Waals surface area contributed by atoms with Crippen molar-refractivity contribution in [2.75, 3.05) is 5.32 Å². The number of aromatic nitrogens is 3. The Labute approximate surface area is 90.8 Å². The van der Waals surface area contributed by atoms with Gasteiger partial charge >= 0.3 is 0 Å². The minimum Gasteiger partial charge on any atom is -0.330 e. The summed E-state index contributed by atoms with van der Waals surface area (Å²) < 4.78 is 1.66. The van der Waals surface area contributed by atoms with Crippen molar-refractivity contribution in [3.8, 4) is 0 Å². The molecule has 0 atom stereocenters. The molecule has 0 aliphatic carbocycles. The lowest BCUT2D eigenvalue weighted by Crippen LogP contribution is -2.16. The zero-order chi connectivity index (χ0) is 10.8. The summed E-state index contributed by atoms with van der Waals surface area (Å²) in [6.45, 7) is 1.88. The number of hydrogen-bond acceptors (Lipinski definition) is 4. The fraction of sp³-hybridized carbons (Fsp3) is 0.222. The number of hydrogen-bond donors (Lipinski definition) is 1. The Morgan fingerprint density at radius 2 is 2.40 bits per heavy atom. The van der Waals surface area contributed by atoms with E-state index in [0.717, 1.165) is 5.69 Å². The third-order valence-corrected chi connectivity index (χ3v) is 2.74. The standard InChI is InChI=1S/C9H10N4OS/c1-6-5-15-9(11-6)12-8(14)7-10-3-4-13(7)2/h3-5H,1-2H3,(H,11,12,14). The van der Waals surface area contributed by atoms with Gasteiger partial charge in [-0.25, -0.2) is 9.97 Å². The van der Waals surface area contributed by atoms with Crippen LogP contribution in [0.5, 0.6) is 0 Å². The number of nitrogens with one attached hydrogen (secondary N) is 1. The maximum Gasteiger partial charge on any atom is 0.293 e. The molecule has 78 valence electrons. The maximum atomic E-state index is 11.7. The van der Waals surface area contributed by atoms with Crippen LogP contribution in [-0.2, 0) is 7.05 Å². The average molecular weight is 222 g/mol. The third kappa shape index (κ3) is 2.04. The van der Waals surface area contributed by atoms with Crippen LogP contribution < -0.4 is 5.32 Å². The minimum atomic E-state index is -0.239. The molecule has 1 amide bonds. The summed E-state index contributed by atoms with van der Waals surface area (Å²) in [5.41, 5.74) is 0.898. The van der Waals surface area contributed by atoms with E-state index in [1.165, 1.54) is 11.3 Å². The Morgan fingerprint density at radius 3 is 2.93 bits per heavy atom. The first-order valence-electron chi connectivity index (χ1n) is 4.37. The highest BCUT2D eigenvalue weighted by Gasteiger charge is 2.12. The second-order valence-electron chi connectivity index (χ2n) is 3.11. The van der Waals surface area contributed by atoms with Crippen LogP contribution in [-0.4, -0.2) is 20.4 Å². The quantitative estimate of drug-likeness (QED) is 0.836. The first-order chi connectivity index (χ1) is 7.16. The molecule has 2 aromatic heterocycles. The molecule has 0 aliphatic heterocycles. The summed E-state index contributed by atoms with van der Waals surface area (Å²) in [4.78, 5) is 19.8. The van der Waals surface area contributed by atoms with E-state index in [4.69, 9.17) is 0 Å². The van der Waals surface area contributed by atoms with Gasteiger partial charge in [-0.2, -0.15) is 0 Å². The molecule has 6 heteroatoms. The van der Waals surface area contributed by atoms with Crippen LogP contribution in [0, 0.1) is 6.92 Å². The zero-order valence-electron chi connectivity index (χ0n) is 8.39. The van der Waals surface area contributed by atoms with Crippen LogP contribution in [0.3, 0.4) is 0 Å². The Hall–Kier alpha value is -1.69. The molecule has 0 fully saturated rings. The Kier molecular flexibility index (Phi) is 2.51. The number of carbonyl (C=O) groups excluding carboxylic acids is 1. The molecule has 2 aromatic rings. The van der Waals surface area contributed by atoms with Gasteiger partial charge in [0.2, 0.25) is 0 Å². The molecule has 2 heterocycles. The number of aryl methyl sites for hydroxylation is 2. The van der Waals surface area contributed by atoms with Crippen LogP contribution in [0.25, 0.3) is 0 Å². The monoisotopic (exact) mass is 222 g/mol. The third-order valence-electron chi connectivity index (χ3n) is 1.86. The highest BCUT2D eigenvalue weighted by molar-refractivity contribution is 7.13. The molecule has 0 aliphatic rings. The second kappa shape index (κ2) is 3.82. The van der Waals surface area contributed by atoms with E-state index in [2.05, 4.69) is 15.3 Å². The number of rotatable bonds is 2. The first-order valence-corrected chi connectivity index (χ1v) is 5.25. The van der Waals surface area contributed by atoms with Crippen molar-refractivity contribution < 1.29 is 4.79 Å². The summed E-state index contributed by atoms with van der Waals surface area (Å²) in [5.74, 6) is 0.139. The van der Waals surface area contributed by atoms with Crippen LogP contribution in [0.4, 0.5) is 5.13 Å². The molecular weight excluding hydrogens is 212 g/mol. The number of amides is 1. The van der Waals surface area contributed by atoms with Crippen LogP contribution in [0.1, 0.15) is 16.3 Å². The summed E-state index contributed by atoms with van der Waals surface area (Å²) in [7, 11) is 1.77. The lowest BCUT2D eigenvalue weighted by atomic mass is 10.5. The van der Waals surface area contributed by atoms with Gasteiger partial charge in [-0.1, -0.05) is 0 Å². The van der Waals surface area contributed by atoms with Gasteiger partial charge in [-0.05, 0) is 6.92 Å². The zero-order valence-corrected chi connectivity index (χ0v) is 9.21. The van der Waals surface area contributed by atoms with Crippen LogP contribution in [0.2, 0.25) is 0 Å². The summed E-state index contributed by atoms with van der Waals surface area (Å²) in [6.07, 6.45) is 3.31. The van der Waals surface area contributed by atoms with Gasteiger partial charge in [0.15, 0.2) is 11.0 Å². The van der Waals surface area contributed by atoms with Gasteiger partial charge < -0.3 is 4.57 Å². The maximum absolute atomic E-state index is 11.7. The minimum absolute atomic E-state index is 0.239. The largest absolute Gasteiger partial charge is 0.330 e. The van der Waals surface area contributed by atoms with E-state index < -0.39 is 0 Å². The number of carbonyl (C=O) groups is 1. The van der Waals surface area contributed by atoms with Crippen molar-refractivity contribution in [3.05, 3.63) is 29.3 Å². The number of thiazole rings is 1. The van der Waals surface area contributed by atoms with Crippen molar-refractivity contribution in [1.82, 2.24) is 14.5 Å². The van der Waals surface area contributed by atoms with Crippen molar-refractivity contribution in [3.63, 3.8) is 0 Å². The molecule has 0 radical (unpaired) electrons. The van der Waals surface area contributed by atoms with Crippen molar-refractivity contribution in [1.29, 1.82) is 0 Å². The molecule has 0 spiro atoms. The predicted molar refractivity (Wildman–Crippen MR) is 58.0 cm³/mol. The summed E-state index contributed by atoms with van der Waals surface area (Å²) in [5, 5.41) is 5.17. The second-order valence-corrected chi connectivity index (χ2v) is 3.97.